The van der Waals surface area contributed by atoms with Gasteiger partial charge in [-0.2, -0.15) is 0 Å². The first-order valence-corrected chi connectivity index (χ1v) is 7.72. The van der Waals surface area contributed by atoms with E-state index in [-0.39, 0.29) is 11.9 Å². The van der Waals surface area contributed by atoms with Crippen molar-refractivity contribution in [2.24, 2.45) is 5.73 Å². The number of nitrogens with one attached hydrogen (secondary N) is 1. The molecule has 0 saturated carbocycles. The maximum atomic E-state index is 11.6. The van der Waals surface area contributed by atoms with E-state index in [1.807, 2.05) is 30.0 Å². The maximum absolute atomic E-state index is 11.6. The summed E-state index contributed by atoms with van der Waals surface area (Å²) in [6, 6.07) is 7.90. The van der Waals surface area contributed by atoms with Crippen LogP contribution >= 0.6 is 15.9 Å². The second-order valence-corrected chi connectivity index (χ2v) is 6.13. The number of amides is 1. The van der Waals surface area contributed by atoms with Gasteiger partial charge in [0.05, 0.1) is 12.1 Å². The largest absolute Gasteiger partial charge is 0.353 e. The molecule has 110 valence electrons. The Morgan fingerprint density at radius 1 is 1.48 bits per heavy atom. The van der Waals surface area contributed by atoms with Crippen LogP contribution < -0.4 is 16.0 Å². The molecule has 0 radical (unpaired) electrons. The average Bonchev–Trinajstić information content (AvgIpc) is 2.46. The summed E-state index contributed by atoms with van der Waals surface area (Å²) in [6.45, 7) is 3.64. The smallest absolute Gasteiger partial charge is 0.239 e. The lowest BCUT2D eigenvalue weighted by molar-refractivity contribution is -0.120. The summed E-state index contributed by atoms with van der Waals surface area (Å²) < 4.78 is 0.943. The topological polar surface area (TPSA) is 71.2 Å². The Kier molecular flexibility index (Phi) is 3.82. The molecule has 1 aliphatic heterocycles. The van der Waals surface area contributed by atoms with Crippen molar-refractivity contribution in [2.45, 2.75) is 13.0 Å². The van der Waals surface area contributed by atoms with Crippen LogP contribution in [0, 0.1) is 0 Å². The highest BCUT2D eigenvalue weighted by Gasteiger charge is 2.22. The first kappa shape index (κ1) is 14.3. The van der Waals surface area contributed by atoms with Gasteiger partial charge in [-0.15, -0.1) is 0 Å². The fraction of sp³-hybridized carbons (Fsp3) is 0.333. The van der Waals surface area contributed by atoms with Crippen molar-refractivity contribution < 1.29 is 4.79 Å². The van der Waals surface area contributed by atoms with Crippen LogP contribution in [0.15, 0.2) is 28.7 Å². The molecule has 3 N–H and O–H groups in total. The van der Waals surface area contributed by atoms with Gasteiger partial charge in [0.1, 0.15) is 5.82 Å². The van der Waals surface area contributed by atoms with Crippen LogP contribution in [0.2, 0.25) is 0 Å². The third-order valence-electron chi connectivity index (χ3n) is 3.63. The van der Waals surface area contributed by atoms with Crippen LogP contribution in [0.5, 0.6) is 0 Å². The zero-order valence-electron chi connectivity index (χ0n) is 11.8. The molecule has 0 spiro atoms. The molecule has 1 aliphatic rings. The number of halogens is 1. The molecule has 3 rings (SSSR count). The van der Waals surface area contributed by atoms with Crippen molar-refractivity contribution in [2.75, 3.05) is 24.5 Å². The van der Waals surface area contributed by atoms with E-state index in [1.54, 1.807) is 0 Å². The summed E-state index contributed by atoms with van der Waals surface area (Å²) in [5.74, 6) is 0.824. The van der Waals surface area contributed by atoms with E-state index in [4.69, 9.17) is 10.7 Å². The molecular formula is C15H17BrN4O. The summed E-state index contributed by atoms with van der Waals surface area (Å²) in [5.41, 5.74) is 7.97. The second-order valence-electron chi connectivity index (χ2n) is 5.27. The minimum absolute atomic E-state index is 0.0194. The van der Waals surface area contributed by atoms with E-state index in [9.17, 15) is 4.79 Å². The number of aromatic nitrogens is 1. The Hall–Kier alpha value is -1.66. The molecule has 1 fully saturated rings. The van der Waals surface area contributed by atoms with Crippen LogP contribution in [-0.4, -0.2) is 30.5 Å². The van der Waals surface area contributed by atoms with Gasteiger partial charge in [-0.05, 0) is 35.0 Å². The van der Waals surface area contributed by atoms with Crippen molar-refractivity contribution in [3.63, 3.8) is 0 Å². The van der Waals surface area contributed by atoms with Gasteiger partial charge in [0.25, 0.3) is 0 Å². The predicted molar refractivity (Wildman–Crippen MR) is 87.3 cm³/mol. The SMILES string of the molecule is CC(N)c1cc2cccc(Br)c2nc1N1CCNC(=O)C1. The van der Waals surface area contributed by atoms with E-state index in [0.717, 1.165) is 33.3 Å². The minimum Gasteiger partial charge on any atom is -0.353 e. The molecule has 6 heteroatoms. The Morgan fingerprint density at radius 2 is 2.29 bits per heavy atom. The molecule has 0 aliphatic carbocycles. The van der Waals surface area contributed by atoms with Gasteiger partial charge < -0.3 is 16.0 Å². The maximum Gasteiger partial charge on any atom is 0.239 e. The zero-order chi connectivity index (χ0) is 15.0. The molecule has 1 unspecified atom stereocenters. The number of rotatable bonds is 2. The summed E-state index contributed by atoms with van der Waals surface area (Å²) in [6.07, 6.45) is 0. The highest BCUT2D eigenvalue weighted by atomic mass is 79.9. The summed E-state index contributed by atoms with van der Waals surface area (Å²) >= 11 is 3.54. The summed E-state index contributed by atoms with van der Waals surface area (Å²) in [4.78, 5) is 18.4. The van der Waals surface area contributed by atoms with Crippen LogP contribution in [0.1, 0.15) is 18.5 Å². The minimum atomic E-state index is -0.138. The molecule has 2 aromatic rings. The van der Waals surface area contributed by atoms with Gasteiger partial charge in [-0.25, -0.2) is 4.98 Å². The molecule has 0 bridgehead atoms. The molecule has 2 heterocycles. The molecule has 1 saturated heterocycles. The number of nitrogens with two attached hydrogens (primary N) is 1. The van der Waals surface area contributed by atoms with Gasteiger partial charge in [-0.1, -0.05) is 12.1 Å². The quantitative estimate of drug-likeness (QED) is 0.870. The number of pyridine rings is 1. The number of hydrogen-bond acceptors (Lipinski definition) is 4. The predicted octanol–water partition coefficient (Wildman–Crippen LogP) is 1.95. The molecule has 21 heavy (non-hydrogen) atoms. The number of nitrogens with zero attached hydrogens (tertiary/aromatic N) is 2. The van der Waals surface area contributed by atoms with Crippen LogP contribution in [0.3, 0.4) is 0 Å². The summed E-state index contributed by atoms with van der Waals surface area (Å²) in [5, 5.41) is 3.87. The zero-order valence-corrected chi connectivity index (χ0v) is 13.4. The highest BCUT2D eigenvalue weighted by molar-refractivity contribution is 9.10. The van der Waals surface area contributed by atoms with Gasteiger partial charge in [0, 0.05) is 34.6 Å². The van der Waals surface area contributed by atoms with Gasteiger partial charge >= 0.3 is 0 Å². The molecular weight excluding hydrogens is 332 g/mol. The van der Waals surface area contributed by atoms with Crippen LogP contribution in [-0.2, 0) is 4.79 Å². The van der Waals surface area contributed by atoms with Crippen molar-refractivity contribution in [3.05, 3.63) is 34.3 Å². The number of fused-ring (bicyclic) bond motifs is 1. The Morgan fingerprint density at radius 3 is 3.00 bits per heavy atom. The van der Waals surface area contributed by atoms with E-state index >= 15 is 0 Å². The van der Waals surface area contributed by atoms with E-state index < -0.39 is 0 Å². The van der Waals surface area contributed by atoms with Crippen LogP contribution in [0.4, 0.5) is 5.82 Å². The lowest BCUT2D eigenvalue weighted by Gasteiger charge is -2.30. The van der Waals surface area contributed by atoms with Crippen molar-refractivity contribution >= 4 is 38.6 Å². The van der Waals surface area contributed by atoms with E-state index in [1.165, 1.54) is 0 Å². The Balaban J connectivity index is 2.16. The standard InChI is InChI=1S/C15H17BrN4O/c1-9(17)11-7-10-3-2-4-12(16)14(10)19-15(11)20-6-5-18-13(21)8-20/h2-4,7,9H,5-6,8,17H2,1H3,(H,18,21). The van der Waals surface area contributed by atoms with E-state index in [2.05, 4.69) is 27.3 Å². The lowest BCUT2D eigenvalue weighted by Crippen LogP contribution is -2.48. The first-order valence-electron chi connectivity index (χ1n) is 6.92. The first-order chi connectivity index (χ1) is 10.1. The Labute approximate surface area is 131 Å². The fourth-order valence-electron chi connectivity index (χ4n) is 2.58. The Bertz CT molecular complexity index is 701. The number of benzene rings is 1. The molecule has 1 aromatic heterocycles. The lowest BCUT2D eigenvalue weighted by atomic mass is 10.1. The van der Waals surface area contributed by atoms with Crippen molar-refractivity contribution in [1.82, 2.24) is 10.3 Å². The molecule has 1 atom stereocenters. The molecule has 1 aromatic carbocycles. The fourth-order valence-corrected chi connectivity index (χ4v) is 3.05. The number of carbonyl (C=O) groups is 1. The number of piperazine rings is 1. The van der Waals surface area contributed by atoms with Crippen molar-refractivity contribution in [3.8, 4) is 0 Å². The number of anilines is 1. The number of carbonyl (C=O) groups excluding carboxylic acids is 1. The number of para-hydroxylation sites is 1. The van der Waals surface area contributed by atoms with Crippen molar-refractivity contribution in [1.29, 1.82) is 0 Å². The van der Waals surface area contributed by atoms with E-state index in [0.29, 0.717) is 13.1 Å². The van der Waals surface area contributed by atoms with Gasteiger partial charge in [0.15, 0.2) is 0 Å². The third-order valence-corrected chi connectivity index (χ3v) is 4.27. The third kappa shape index (κ3) is 2.73. The normalized spacial score (nSPS) is 16.9. The number of hydrogen-bond donors (Lipinski definition) is 2. The van der Waals surface area contributed by atoms with Gasteiger partial charge in [0.2, 0.25) is 5.91 Å². The summed E-state index contributed by atoms with van der Waals surface area (Å²) in [7, 11) is 0. The molecule has 5 nitrogen and oxygen atoms in total. The monoisotopic (exact) mass is 348 g/mol. The highest BCUT2D eigenvalue weighted by Crippen LogP contribution is 2.31. The van der Waals surface area contributed by atoms with Crippen LogP contribution in [0.25, 0.3) is 10.9 Å². The second kappa shape index (κ2) is 5.61. The molecule has 1 amide bonds. The average molecular weight is 349 g/mol. The van der Waals surface area contributed by atoms with Gasteiger partial charge in [-0.3, -0.25) is 4.79 Å².